The molecule has 0 spiro atoms. The Morgan fingerprint density at radius 3 is 2.25 bits per heavy atom. The van der Waals surface area contributed by atoms with Gasteiger partial charge in [-0.2, -0.15) is 0 Å². The zero-order chi connectivity index (χ0) is 12.3. The lowest BCUT2D eigenvalue weighted by Crippen LogP contribution is -2.40. The van der Waals surface area contributed by atoms with Gasteiger partial charge in [0, 0.05) is 18.3 Å². The fourth-order valence-corrected chi connectivity index (χ4v) is 1.17. The topological polar surface area (TPSA) is 83.6 Å². The summed E-state index contributed by atoms with van der Waals surface area (Å²) in [5.74, 6) is -1.37. The monoisotopic (exact) mass is 222 g/mol. The SMILES string of the molecule is CC(C(=O)O)N(C)C(=O)c1ccc(N)cc1. The Balaban J connectivity index is 2.86. The molecule has 0 radical (unpaired) electrons. The molecule has 0 bridgehead atoms. The molecule has 0 saturated heterocycles. The first-order chi connectivity index (χ1) is 7.43. The van der Waals surface area contributed by atoms with E-state index in [-0.39, 0.29) is 5.91 Å². The molecule has 1 rings (SSSR count). The molecule has 0 aliphatic heterocycles. The molecule has 1 amide bonds. The van der Waals surface area contributed by atoms with E-state index in [0.29, 0.717) is 11.3 Å². The maximum Gasteiger partial charge on any atom is 0.326 e. The summed E-state index contributed by atoms with van der Waals surface area (Å²) in [6.45, 7) is 1.46. The molecule has 16 heavy (non-hydrogen) atoms. The van der Waals surface area contributed by atoms with Gasteiger partial charge in [0.25, 0.3) is 5.91 Å². The Bertz CT molecular complexity index is 400. The summed E-state index contributed by atoms with van der Waals surface area (Å²) in [7, 11) is 1.46. The second-order valence-electron chi connectivity index (χ2n) is 3.55. The normalized spacial score (nSPS) is 11.9. The van der Waals surface area contributed by atoms with Crippen LogP contribution in [0.3, 0.4) is 0 Å². The van der Waals surface area contributed by atoms with E-state index in [1.165, 1.54) is 18.9 Å². The molecule has 0 aromatic heterocycles. The molecular weight excluding hydrogens is 208 g/mol. The molecule has 0 heterocycles. The van der Waals surface area contributed by atoms with Crippen molar-refractivity contribution in [3.8, 4) is 0 Å². The van der Waals surface area contributed by atoms with Crippen molar-refractivity contribution in [1.29, 1.82) is 0 Å². The lowest BCUT2D eigenvalue weighted by atomic mass is 10.1. The Morgan fingerprint density at radius 1 is 1.31 bits per heavy atom. The molecule has 0 saturated carbocycles. The van der Waals surface area contributed by atoms with Crippen LogP contribution in [0.1, 0.15) is 17.3 Å². The molecule has 0 aliphatic rings. The van der Waals surface area contributed by atoms with Gasteiger partial charge < -0.3 is 15.7 Å². The number of nitrogens with zero attached hydrogens (tertiary/aromatic N) is 1. The van der Waals surface area contributed by atoms with Crippen LogP contribution >= 0.6 is 0 Å². The van der Waals surface area contributed by atoms with Crippen LogP contribution in [0, 0.1) is 0 Å². The molecule has 1 atom stereocenters. The molecule has 3 N–H and O–H groups in total. The molecule has 1 aromatic carbocycles. The largest absolute Gasteiger partial charge is 0.480 e. The zero-order valence-corrected chi connectivity index (χ0v) is 9.18. The van der Waals surface area contributed by atoms with Crippen molar-refractivity contribution in [2.45, 2.75) is 13.0 Å². The van der Waals surface area contributed by atoms with E-state index in [1.54, 1.807) is 24.3 Å². The number of anilines is 1. The van der Waals surface area contributed by atoms with Crippen LogP contribution in [0.5, 0.6) is 0 Å². The average molecular weight is 222 g/mol. The van der Waals surface area contributed by atoms with E-state index >= 15 is 0 Å². The van der Waals surface area contributed by atoms with E-state index in [1.807, 2.05) is 0 Å². The predicted octanol–water partition coefficient (Wildman–Crippen LogP) is 0.814. The van der Waals surface area contributed by atoms with E-state index < -0.39 is 12.0 Å². The van der Waals surface area contributed by atoms with Crippen molar-refractivity contribution in [2.75, 3.05) is 12.8 Å². The number of amides is 1. The number of carboxylic acid groups (broad SMARTS) is 1. The third kappa shape index (κ3) is 2.50. The van der Waals surface area contributed by atoms with Crippen LogP contribution in [0.2, 0.25) is 0 Å². The molecular formula is C11H14N2O3. The lowest BCUT2D eigenvalue weighted by Gasteiger charge is -2.21. The van der Waals surface area contributed by atoms with Gasteiger partial charge >= 0.3 is 5.97 Å². The van der Waals surface area contributed by atoms with Gasteiger partial charge in [-0.25, -0.2) is 4.79 Å². The fraction of sp³-hybridized carbons (Fsp3) is 0.273. The number of carboxylic acids is 1. The Hall–Kier alpha value is -2.04. The first-order valence-corrected chi connectivity index (χ1v) is 4.79. The van der Waals surface area contributed by atoms with Crippen LogP contribution in [0.4, 0.5) is 5.69 Å². The van der Waals surface area contributed by atoms with Crippen molar-refractivity contribution in [3.63, 3.8) is 0 Å². The zero-order valence-electron chi connectivity index (χ0n) is 9.18. The first kappa shape index (κ1) is 12.0. The number of hydrogen-bond acceptors (Lipinski definition) is 3. The number of rotatable bonds is 3. The van der Waals surface area contributed by atoms with Crippen LogP contribution in [-0.4, -0.2) is 35.0 Å². The number of aliphatic carboxylic acids is 1. The molecule has 0 fully saturated rings. The minimum absolute atomic E-state index is 0.338. The van der Waals surface area contributed by atoms with Crippen LogP contribution in [0.15, 0.2) is 24.3 Å². The highest BCUT2D eigenvalue weighted by atomic mass is 16.4. The third-order valence-corrected chi connectivity index (χ3v) is 2.42. The number of carbonyl (C=O) groups is 2. The third-order valence-electron chi connectivity index (χ3n) is 2.42. The maximum atomic E-state index is 11.8. The van der Waals surface area contributed by atoms with Crippen LogP contribution in [-0.2, 0) is 4.79 Å². The number of hydrogen-bond donors (Lipinski definition) is 2. The Morgan fingerprint density at radius 2 is 1.81 bits per heavy atom. The summed E-state index contributed by atoms with van der Waals surface area (Å²) in [4.78, 5) is 23.7. The van der Waals surface area contributed by atoms with Gasteiger partial charge in [0.15, 0.2) is 0 Å². The summed E-state index contributed by atoms with van der Waals surface area (Å²) in [5, 5.41) is 8.78. The minimum Gasteiger partial charge on any atom is -0.480 e. The summed E-state index contributed by atoms with van der Waals surface area (Å²) >= 11 is 0. The van der Waals surface area contributed by atoms with E-state index in [0.717, 1.165) is 0 Å². The molecule has 0 aliphatic carbocycles. The summed E-state index contributed by atoms with van der Waals surface area (Å²) in [5.41, 5.74) is 6.47. The maximum absolute atomic E-state index is 11.8. The quantitative estimate of drug-likeness (QED) is 0.741. The van der Waals surface area contributed by atoms with Crippen molar-refractivity contribution < 1.29 is 14.7 Å². The van der Waals surface area contributed by atoms with E-state index in [4.69, 9.17) is 10.8 Å². The van der Waals surface area contributed by atoms with Gasteiger partial charge in [0.2, 0.25) is 0 Å². The number of benzene rings is 1. The van der Waals surface area contributed by atoms with Gasteiger partial charge in [0.1, 0.15) is 6.04 Å². The van der Waals surface area contributed by atoms with Crippen molar-refractivity contribution >= 4 is 17.6 Å². The number of carbonyl (C=O) groups excluding carboxylic acids is 1. The number of nitrogen functional groups attached to an aromatic ring is 1. The van der Waals surface area contributed by atoms with Crippen LogP contribution < -0.4 is 5.73 Å². The highest BCUT2D eigenvalue weighted by Gasteiger charge is 2.22. The van der Waals surface area contributed by atoms with Crippen molar-refractivity contribution in [1.82, 2.24) is 4.90 Å². The van der Waals surface area contributed by atoms with Crippen molar-refractivity contribution in [3.05, 3.63) is 29.8 Å². The molecule has 1 unspecified atom stereocenters. The van der Waals surface area contributed by atoms with Crippen LogP contribution in [0.25, 0.3) is 0 Å². The Kier molecular flexibility index (Phi) is 3.50. The number of nitrogens with two attached hydrogens (primary N) is 1. The predicted molar refractivity (Wildman–Crippen MR) is 60.0 cm³/mol. The highest BCUT2D eigenvalue weighted by Crippen LogP contribution is 2.09. The second-order valence-corrected chi connectivity index (χ2v) is 3.55. The summed E-state index contributed by atoms with van der Waals surface area (Å²) in [6.07, 6.45) is 0. The summed E-state index contributed by atoms with van der Waals surface area (Å²) < 4.78 is 0. The standard InChI is InChI=1S/C11H14N2O3/c1-7(11(15)16)13(2)10(14)8-3-5-9(12)6-4-8/h3-7H,12H2,1-2H3,(H,15,16). The molecule has 5 nitrogen and oxygen atoms in total. The van der Waals surface area contributed by atoms with Crippen molar-refractivity contribution in [2.24, 2.45) is 0 Å². The Labute approximate surface area is 93.5 Å². The smallest absolute Gasteiger partial charge is 0.326 e. The lowest BCUT2D eigenvalue weighted by molar-refractivity contribution is -0.141. The minimum atomic E-state index is -1.04. The molecule has 5 heteroatoms. The van der Waals surface area contributed by atoms with Gasteiger partial charge in [-0.3, -0.25) is 4.79 Å². The van der Waals surface area contributed by atoms with Gasteiger partial charge in [0.05, 0.1) is 0 Å². The molecule has 86 valence electrons. The van der Waals surface area contributed by atoms with E-state index in [9.17, 15) is 9.59 Å². The second kappa shape index (κ2) is 4.65. The van der Waals surface area contributed by atoms with Gasteiger partial charge in [-0.1, -0.05) is 0 Å². The number of likely N-dealkylation sites (N-methyl/N-ethyl adjacent to an activating group) is 1. The molecule has 1 aromatic rings. The van der Waals surface area contributed by atoms with Gasteiger partial charge in [-0.15, -0.1) is 0 Å². The fourth-order valence-electron chi connectivity index (χ4n) is 1.17. The van der Waals surface area contributed by atoms with E-state index in [2.05, 4.69) is 0 Å². The average Bonchev–Trinajstić information content (AvgIpc) is 2.27. The highest BCUT2D eigenvalue weighted by molar-refractivity contribution is 5.96. The first-order valence-electron chi connectivity index (χ1n) is 4.79. The van der Waals surface area contributed by atoms with Gasteiger partial charge in [-0.05, 0) is 31.2 Å². The summed E-state index contributed by atoms with van der Waals surface area (Å²) in [6, 6.07) is 5.50.